The zero-order valence-electron chi connectivity index (χ0n) is 16.0. The van der Waals surface area contributed by atoms with Gasteiger partial charge in [-0.05, 0) is 37.3 Å². The van der Waals surface area contributed by atoms with Crippen LogP contribution in [0.1, 0.15) is 12.5 Å². The molecule has 3 amide bonds. The third kappa shape index (κ3) is 6.59. The molecule has 0 radical (unpaired) electrons. The van der Waals surface area contributed by atoms with Crippen LogP contribution in [0.3, 0.4) is 0 Å². The second-order valence-electron chi connectivity index (χ2n) is 6.39. The number of benzene rings is 2. The second kappa shape index (κ2) is 9.75. The average molecular weight is 403 g/mol. The van der Waals surface area contributed by atoms with Crippen molar-refractivity contribution in [3.8, 4) is 0 Å². The lowest BCUT2D eigenvalue weighted by molar-refractivity contribution is -0.131. The van der Waals surface area contributed by atoms with E-state index >= 15 is 0 Å². The van der Waals surface area contributed by atoms with Gasteiger partial charge in [-0.15, -0.1) is 0 Å². The Balaban J connectivity index is 1.87. The van der Waals surface area contributed by atoms with Crippen LogP contribution in [0.5, 0.6) is 0 Å². The average Bonchev–Trinajstić information content (AvgIpc) is 2.63. The first-order valence-corrected chi connectivity index (χ1v) is 9.04. The minimum absolute atomic E-state index is 0.0441. The molecule has 0 spiro atoms. The predicted molar refractivity (Wildman–Crippen MR) is 112 cm³/mol. The maximum absolute atomic E-state index is 12.3. The molecule has 3 N–H and O–H groups in total. The maximum Gasteiger partial charge on any atom is 0.243 e. The molecular formula is C20H23ClN4O3. The van der Waals surface area contributed by atoms with E-state index in [1.807, 2.05) is 19.1 Å². The number of carbonyl (C=O) groups excluding carboxylic acids is 3. The summed E-state index contributed by atoms with van der Waals surface area (Å²) in [6, 6.07) is 12.3. The van der Waals surface area contributed by atoms with E-state index in [0.29, 0.717) is 22.1 Å². The van der Waals surface area contributed by atoms with Crippen LogP contribution >= 0.6 is 11.6 Å². The molecule has 2 rings (SSSR count). The van der Waals surface area contributed by atoms with Gasteiger partial charge in [-0.2, -0.15) is 0 Å². The van der Waals surface area contributed by atoms with Gasteiger partial charge in [0.2, 0.25) is 17.7 Å². The van der Waals surface area contributed by atoms with Crippen molar-refractivity contribution in [3.05, 3.63) is 53.1 Å². The number of likely N-dealkylation sites (N-methyl/N-ethyl adjacent to an activating group) is 1. The summed E-state index contributed by atoms with van der Waals surface area (Å²) in [5.41, 5.74) is 2.85. The van der Waals surface area contributed by atoms with Crippen LogP contribution in [-0.4, -0.2) is 42.8 Å². The maximum atomic E-state index is 12.3. The minimum atomic E-state index is -0.287. The lowest BCUT2D eigenvalue weighted by Gasteiger charge is -2.18. The number of nitrogens with one attached hydrogen (secondary N) is 3. The molecule has 28 heavy (non-hydrogen) atoms. The molecule has 0 aliphatic rings. The van der Waals surface area contributed by atoms with Gasteiger partial charge in [-0.1, -0.05) is 29.3 Å². The van der Waals surface area contributed by atoms with Crippen LogP contribution in [0.25, 0.3) is 0 Å². The van der Waals surface area contributed by atoms with Gasteiger partial charge in [0.25, 0.3) is 0 Å². The molecule has 8 heteroatoms. The van der Waals surface area contributed by atoms with E-state index in [4.69, 9.17) is 11.6 Å². The van der Waals surface area contributed by atoms with E-state index in [1.54, 1.807) is 37.4 Å². The van der Waals surface area contributed by atoms with Crippen LogP contribution in [-0.2, 0) is 14.4 Å². The van der Waals surface area contributed by atoms with E-state index in [0.717, 1.165) is 5.56 Å². The number of hydrogen-bond acceptors (Lipinski definition) is 4. The molecule has 0 aliphatic heterocycles. The summed E-state index contributed by atoms with van der Waals surface area (Å²) >= 11 is 6.12. The van der Waals surface area contributed by atoms with Crippen LogP contribution in [0.15, 0.2) is 42.5 Å². The number of carbonyl (C=O) groups is 3. The van der Waals surface area contributed by atoms with Crippen molar-refractivity contribution in [3.63, 3.8) is 0 Å². The molecule has 0 aliphatic carbocycles. The fourth-order valence-corrected chi connectivity index (χ4v) is 2.57. The summed E-state index contributed by atoms with van der Waals surface area (Å²) in [6.07, 6.45) is 0. The Hall–Kier alpha value is -3.06. The first kappa shape index (κ1) is 21.2. The minimum Gasteiger partial charge on any atom is -0.375 e. The summed E-state index contributed by atoms with van der Waals surface area (Å²) in [4.78, 5) is 36.9. The van der Waals surface area contributed by atoms with Gasteiger partial charge in [-0.3, -0.25) is 14.4 Å². The molecule has 7 nitrogen and oxygen atoms in total. The van der Waals surface area contributed by atoms with E-state index in [2.05, 4.69) is 16.0 Å². The fourth-order valence-electron chi connectivity index (χ4n) is 2.39. The lowest BCUT2D eigenvalue weighted by Crippen LogP contribution is -2.38. The summed E-state index contributed by atoms with van der Waals surface area (Å²) in [5, 5.41) is 8.75. The van der Waals surface area contributed by atoms with E-state index in [-0.39, 0.29) is 30.8 Å². The second-order valence-corrected chi connectivity index (χ2v) is 6.80. The standard InChI is InChI=1S/C20H23ClN4O3/c1-13-4-6-15(7-5-13)24-19(27)12-25(3)20(28)11-22-18-10-16(23-14(2)26)8-9-17(18)21/h4-10,22H,11-12H2,1-3H3,(H,23,26)(H,24,27). The van der Waals surface area contributed by atoms with Gasteiger partial charge in [0.05, 0.1) is 23.8 Å². The molecule has 0 fully saturated rings. The summed E-state index contributed by atoms with van der Waals surface area (Å²) in [7, 11) is 1.55. The van der Waals surface area contributed by atoms with E-state index in [9.17, 15) is 14.4 Å². The van der Waals surface area contributed by atoms with E-state index in [1.165, 1.54) is 11.8 Å². The van der Waals surface area contributed by atoms with Gasteiger partial charge in [-0.25, -0.2) is 0 Å². The third-order valence-corrected chi connectivity index (χ3v) is 4.19. The smallest absolute Gasteiger partial charge is 0.243 e. The normalized spacial score (nSPS) is 10.1. The first-order valence-electron chi connectivity index (χ1n) is 8.66. The van der Waals surface area contributed by atoms with Gasteiger partial charge in [0, 0.05) is 25.3 Å². The SMILES string of the molecule is CC(=O)Nc1ccc(Cl)c(NCC(=O)N(C)CC(=O)Nc2ccc(C)cc2)c1. The highest BCUT2D eigenvalue weighted by molar-refractivity contribution is 6.33. The van der Waals surface area contributed by atoms with Crippen molar-refractivity contribution in [2.45, 2.75) is 13.8 Å². The molecule has 0 atom stereocenters. The highest BCUT2D eigenvalue weighted by atomic mass is 35.5. The molecule has 0 unspecified atom stereocenters. The summed E-state index contributed by atoms with van der Waals surface area (Å²) in [6.45, 7) is 3.25. The predicted octanol–water partition coefficient (Wildman–Crippen LogP) is 3.12. The lowest BCUT2D eigenvalue weighted by atomic mass is 10.2. The van der Waals surface area contributed by atoms with E-state index < -0.39 is 0 Å². The molecule has 0 aromatic heterocycles. The monoisotopic (exact) mass is 402 g/mol. The van der Waals surface area contributed by atoms with Gasteiger partial charge in [0.1, 0.15) is 0 Å². The Morgan fingerprint density at radius 1 is 1.00 bits per heavy atom. The summed E-state index contributed by atoms with van der Waals surface area (Å²) in [5.74, 6) is -0.769. The number of nitrogens with zero attached hydrogens (tertiary/aromatic N) is 1. The summed E-state index contributed by atoms with van der Waals surface area (Å²) < 4.78 is 0. The molecule has 2 aromatic carbocycles. The number of anilines is 3. The third-order valence-electron chi connectivity index (χ3n) is 3.86. The topological polar surface area (TPSA) is 90.5 Å². The number of aryl methyl sites for hydroxylation is 1. The Morgan fingerprint density at radius 2 is 1.64 bits per heavy atom. The van der Waals surface area contributed by atoms with Crippen LogP contribution < -0.4 is 16.0 Å². The van der Waals surface area contributed by atoms with Crippen LogP contribution in [0.4, 0.5) is 17.1 Å². The largest absolute Gasteiger partial charge is 0.375 e. The molecule has 148 valence electrons. The highest BCUT2D eigenvalue weighted by Gasteiger charge is 2.14. The Morgan fingerprint density at radius 3 is 2.29 bits per heavy atom. The molecule has 0 heterocycles. The number of amides is 3. The Kier molecular flexibility index (Phi) is 7.40. The number of hydrogen-bond donors (Lipinski definition) is 3. The fraction of sp³-hybridized carbons (Fsp3) is 0.250. The van der Waals surface area contributed by atoms with Crippen molar-refractivity contribution >= 4 is 46.4 Å². The zero-order valence-corrected chi connectivity index (χ0v) is 16.8. The van der Waals surface area contributed by atoms with Crippen LogP contribution in [0, 0.1) is 6.92 Å². The van der Waals surface area contributed by atoms with Gasteiger partial charge >= 0.3 is 0 Å². The van der Waals surface area contributed by atoms with Crippen molar-refractivity contribution in [1.82, 2.24) is 4.90 Å². The van der Waals surface area contributed by atoms with Gasteiger partial charge < -0.3 is 20.9 Å². The number of rotatable bonds is 7. The molecular weight excluding hydrogens is 380 g/mol. The van der Waals surface area contributed by atoms with Crippen molar-refractivity contribution in [1.29, 1.82) is 0 Å². The zero-order chi connectivity index (χ0) is 20.7. The number of halogens is 1. The quantitative estimate of drug-likeness (QED) is 0.663. The Labute approximate surface area is 169 Å². The molecule has 0 saturated heterocycles. The first-order chi connectivity index (χ1) is 13.2. The van der Waals surface area contributed by atoms with Crippen molar-refractivity contribution in [2.75, 3.05) is 36.1 Å². The van der Waals surface area contributed by atoms with Crippen LogP contribution in [0.2, 0.25) is 5.02 Å². The van der Waals surface area contributed by atoms with Crippen molar-refractivity contribution in [2.24, 2.45) is 0 Å². The molecule has 0 bridgehead atoms. The molecule has 0 saturated carbocycles. The molecule has 2 aromatic rings. The van der Waals surface area contributed by atoms with Crippen molar-refractivity contribution < 1.29 is 14.4 Å². The Bertz CT molecular complexity index is 868. The van der Waals surface area contributed by atoms with Gasteiger partial charge in [0.15, 0.2) is 0 Å². The highest BCUT2D eigenvalue weighted by Crippen LogP contribution is 2.25.